The molecule has 1 N–H and O–H groups in total. The van der Waals surface area contributed by atoms with E-state index in [1.54, 1.807) is 0 Å². The SMILES string of the molecule is O=C(Nc1ccc(CN2CCOCC2)cc1)c1ccccc1Cc1ccccc1. The predicted molar refractivity (Wildman–Crippen MR) is 116 cm³/mol. The van der Waals surface area contributed by atoms with Gasteiger partial charge in [0, 0.05) is 30.9 Å². The van der Waals surface area contributed by atoms with E-state index in [1.807, 2.05) is 54.6 Å². The second kappa shape index (κ2) is 9.50. The van der Waals surface area contributed by atoms with E-state index < -0.39 is 0 Å². The van der Waals surface area contributed by atoms with Gasteiger partial charge in [0.1, 0.15) is 0 Å². The molecule has 29 heavy (non-hydrogen) atoms. The van der Waals surface area contributed by atoms with Crippen molar-refractivity contribution in [2.45, 2.75) is 13.0 Å². The van der Waals surface area contributed by atoms with Crippen molar-refractivity contribution in [3.8, 4) is 0 Å². The fourth-order valence-corrected chi connectivity index (χ4v) is 3.62. The number of amides is 1. The molecule has 1 heterocycles. The maximum Gasteiger partial charge on any atom is 0.255 e. The summed E-state index contributed by atoms with van der Waals surface area (Å²) in [6.07, 6.45) is 0.739. The zero-order valence-corrected chi connectivity index (χ0v) is 16.5. The van der Waals surface area contributed by atoms with Crippen LogP contribution in [0, 0.1) is 0 Å². The number of hydrogen-bond acceptors (Lipinski definition) is 3. The molecule has 148 valence electrons. The summed E-state index contributed by atoms with van der Waals surface area (Å²) in [6.45, 7) is 4.46. The Hall–Kier alpha value is -2.95. The fraction of sp³-hybridized carbons (Fsp3) is 0.240. The molecule has 0 unspecified atom stereocenters. The van der Waals surface area contributed by atoms with Crippen molar-refractivity contribution < 1.29 is 9.53 Å². The minimum Gasteiger partial charge on any atom is -0.379 e. The quantitative estimate of drug-likeness (QED) is 0.684. The highest BCUT2D eigenvalue weighted by molar-refractivity contribution is 6.05. The number of hydrogen-bond donors (Lipinski definition) is 1. The fourth-order valence-electron chi connectivity index (χ4n) is 3.62. The van der Waals surface area contributed by atoms with E-state index in [0.717, 1.165) is 50.5 Å². The lowest BCUT2D eigenvalue weighted by Crippen LogP contribution is -2.35. The van der Waals surface area contributed by atoms with Crippen molar-refractivity contribution in [2.24, 2.45) is 0 Å². The normalized spacial score (nSPS) is 14.5. The van der Waals surface area contributed by atoms with Gasteiger partial charge in [-0.2, -0.15) is 0 Å². The van der Waals surface area contributed by atoms with Crippen LogP contribution in [0.15, 0.2) is 78.9 Å². The van der Waals surface area contributed by atoms with Crippen LogP contribution in [0.5, 0.6) is 0 Å². The largest absolute Gasteiger partial charge is 0.379 e. The number of benzene rings is 3. The van der Waals surface area contributed by atoms with Crippen LogP contribution in [0.3, 0.4) is 0 Å². The molecule has 0 aromatic heterocycles. The Labute approximate surface area is 172 Å². The van der Waals surface area contributed by atoms with Crippen molar-refractivity contribution >= 4 is 11.6 Å². The number of rotatable bonds is 6. The molecule has 0 bridgehead atoms. The van der Waals surface area contributed by atoms with Gasteiger partial charge >= 0.3 is 0 Å². The van der Waals surface area contributed by atoms with Crippen molar-refractivity contribution in [3.63, 3.8) is 0 Å². The van der Waals surface area contributed by atoms with Crippen LogP contribution in [-0.2, 0) is 17.7 Å². The molecular formula is C25H26N2O2. The van der Waals surface area contributed by atoms with E-state index in [9.17, 15) is 4.79 Å². The Morgan fingerprint density at radius 3 is 2.28 bits per heavy atom. The predicted octanol–water partition coefficient (Wildman–Crippen LogP) is 4.36. The smallest absolute Gasteiger partial charge is 0.255 e. The summed E-state index contributed by atoms with van der Waals surface area (Å²) in [5.41, 5.74) is 5.00. The number of morpholine rings is 1. The van der Waals surface area contributed by atoms with E-state index in [0.29, 0.717) is 5.56 Å². The minimum atomic E-state index is -0.0718. The lowest BCUT2D eigenvalue weighted by Gasteiger charge is -2.26. The molecule has 0 atom stereocenters. The van der Waals surface area contributed by atoms with E-state index in [-0.39, 0.29) is 5.91 Å². The Morgan fingerprint density at radius 1 is 0.828 bits per heavy atom. The zero-order chi connectivity index (χ0) is 19.9. The van der Waals surface area contributed by atoms with Gasteiger partial charge in [-0.1, -0.05) is 60.7 Å². The van der Waals surface area contributed by atoms with Crippen molar-refractivity contribution in [2.75, 3.05) is 31.6 Å². The lowest BCUT2D eigenvalue weighted by atomic mass is 9.99. The van der Waals surface area contributed by atoms with Crippen molar-refractivity contribution in [3.05, 3.63) is 101 Å². The molecule has 4 heteroatoms. The number of nitrogens with zero attached hydrogens (tertiary/aromatic N) is 1. The van der Waals surface area contributed by atoms with Crippen LogP contribution >= 0.6 is 0 Å². The molecule has 1 saturated heterocycles. The van der Waals surface area contributed by atoms with Gasteiger partial charge in [0.05, 0.1) is 13.2 Å². The number of carbonyl (C=O) groups excluding carboxylic acids is 1. The molecule has 1 aliphatic rings. The highest BCUT2D eigenvalue weighted by Crippen LogP contribution is 2.18. The van der Waals surface area contributed by atoms with Crippen LogP contribution in [0.25, 0.3) is 0 Å². The van der Waals surface area contributed by atoms with Gasteiger partial charge in [0.15, 0.2) is 0 Å². The summed E-state index contributed by atoms with van der Waals surface area (Å²) in [5, 5.41) is 3.04. The zero-order valence-electron chi connectivity index (χ0n) is 16.5. The number of carbonyl (C=O) groups is 1. The number of ether oxygens (including phenoxy) is 1. The Kier molecular flexibility index (Phi) is 6.35. The summed E-state index contributed by atoms with van der Waals surface area (Å²) in [6, 6.07) is 26.2. The first-order chi connectivity index (χ1) is 14.3. The Balaban J connectivity index is 1.41. The van der Waals surface area contributed by atoms with Crippen molar-refractivity contribution in [1.29, 1.82) is 0 Å². The lowest BCUT2D eigenvalue weighted by molar-refractivity contribution is 0.0342. The van der Waals surface area contributed by atoms with E-state index in [4.69, 9.17) is 4.74 Å². The van der Waals surface area contributed by atoms with Gasteiger partial charge in [-0.3, -0.25) is 9.69 Å². The molecule has 3 aromatic carbocycles. The third-order valence-corrected chi connectivity index (χ3v) is 5.22. The summed E-state index contributed by atoms with van der Waals surface area (Å²) in [7, 11) is 0. The Morgan fingerprint density at radius 2 is 1.52 bits per heavy atom. The topological polar surface area (TPSA) is 41.6 Å². The summed E-state index contributed by atoms with van der Waals surface area (Å²) in [4.78, 5) is 15.3. The van der Waals surface area contributed by atoms with Gasteiger partial charge < -0.3 is 10.1 Å². The molecule has 4 nitrogen and oxygen atoms in total. The van der Waals surface area contributed by atoms with E-state index in [2.05, 4.69) is 34.5 Å². The van der Waals surface area contributed by atoms with Crippen molar-refractivity contribution in [1.82, 2.24) is 4.90 Å². The first kappa shape index (κ1) is 19.4. The van der Waals surface area contributed by atoms with Crippen LogP contribution in [0.4, 0.5) is 5.69 Å². The van der Waals surface area contributed by atoms with Gasteiger partial charge in [-0.05, 0) is 41.3 Å². The second-order valence-electron chi connectivity index (χ2n) is 7.36. The number of nitrogens with one attached hydrogen (secondary N) is 1. The summed E-state index contributed by atoms with van der Waals surface area (Å²) >= 11 is 0. The highest BCUT2D eigenvalue weighted by atomic mass is 16.5. The molecule has 0 spiro atoms. The third kappa shape index (κ3) is 5.31. The molecule has 0 aliphatic carbocycles. The minimum absolute atomic E-state index is 0.0718. The Bertz CT molecular complexity index is 933. The molecule has 1 amide bonds. The monoisotopic (exact) mass is 386 g/mol. The average molecular weight is 386 g/mol. The second-order valence-corrected chi connectivity index (χ2v) is 7.36. The van der Waals surface area contributed by atoms with E-state index >= 15 is 0 Å². The van der Waals surface area contributed by atoms with Gasteiger partial charge in [0.25, 0.3) is 5.91 Å². The first-order valence-corrected chi connectivity index (χ1v) is 10.1. The maximum absolute atomic E-state index is 12.9. The standard InChI is InChI=1S/C25H26N2O2/c28-25(24-9-5-4-8-22(24)18-20-6-2-1-3-7-20)26-23-12-10-21(11-13-23)19-27-14-16-29-17-15-27/h1-13H,14-19H2,(H,26,28). The van der Waals surface area contributed by atoms with Gasteiger partial charge in [0.2, 0.25) is 0 Å². The molecule has 1 fully saturated rings. The van der Waals surface area contributed by atoms with E-state index in [1.165, 1.54) is 11.1 Å². The average Bonchev–Trinajstić information content (AvgIpc) is 2.77. The van der Waals surface area contributed by atoms with Gasteiger partial charge in [-0.15, -0.1) is 0 Å². The molecule has 4 rings (SSSR count). The highest BCUT2D eigenvalue weighted by Gasteiger charge is 2.13. The molecule has 1 aliphatic heterocycles. The van der Waals surface area contributed by atoms with Crippen LogP contribution < -0.4 is 5.32 Å². The third-order valence-electron chi connectivity index (χ3n) is 5.22. The summed E-state index contributed by atoms with van der Waals surface area (Å²) in [5.74, 6) is -0.0718. The molecular weight excluding hydrogens is 360 g/mol. The van der Waals surface area contributed by atoms with Crippen LogP contribution in [0.2, 0.25) is 0 Å². The van der Waals surface area contributed by atoms with Gasteiger partial charge in [-0.25, -0.2) is 0 Å². The summed E-state index contributed by atoms with van der Waals surface area (Å²) < 4.78 is 5.40. The number of anilines is 1. The molecule has 3 aromatic rings. The maximum atomic E-state index is 12.9. The van der Waals surface area contributed by atoms with Crippen LogP contribution in [-0.4, -0.2) is 37.1 Å². The first-order valence-electron chi connectivity index (χ1n) is 10.1. The molecule has 0 radical (unpaired) electrons. The molecule has 0 saturated carbocycles. The van der Waals surface area contributed by atoms with Crippen LogP contribution in [0.1, 0.15) is 27.0 Å².